The first-order chi connectivity index (χ1) is 13.9. The molecular formula is C21H29ClN4O2S. The molecule has 0 saturated carbocycles. The van der Waals surface area contributed by atoms with Crippen molar-refractivity contribution in [2.45, 2.75) is 32.2 Å². The molecule has 1 saturated heterocycles. The standard InChI is InChI=1S/C21H29ClN4O2S/c1-25(2)21-23-12-17(29-21)14-26-10-4-5-15(13-26)6-9-20(27)24-18-11-16(22)7-8-19(18)28-3/h7-8,11-12,15H,4-6,9-10,13-14H2,1-3H3,(H,24,27). The zero-order valence-electron chi connectivity index (χ0n) is 17.3. The number of amides is 1. The first-order valence-corrected chi connectivity index (χ1v) is 11.1. The minimum absolute atomic E-state index is 0.000715. The molecule has 1 atom stereocenters. The van der Waals surface area contributed by atoms with E-state index in [1.807, 2.05) is 25.2 Å². The highest BCUT2D eigenvalue weighted by Gasteiger charge is 2.21. The highest BCUT2D eigenvalue weighted by molar-refractivity contribution is 7.15. The minimum Gasteiger partial charge on any atom is -0.495 e. The van der Waals surface area contributed by atoms with Crippen LogP contribution in [0.1, 0.15) is 30.6 Å². The molecule has 2 heterocycles. The lowest BCUT2D eigenvalue weighted by Crippen LogP contribution is -2.35. The number of benzene rings is 1. The van der Waals surface area contributed by atoms with Crippen LogP contribution in [0, 0.1) is 5.92 Å². The largest absolute Gasteiger partial charge is 0.495 e. The van der Waals surface area contributed by atoms with E-state index in [1.54, 1.807) is 36.6 Å². The minimum atomic E-state index is 0.000715. The third-order valence-corrected chi connectivity index (χ3v) is 6.51. The van der Waals surface area contributed by atoms with Gasteiger partial charge in [0.25, 0.3) is 0 Å². The average Bonchev–Trinajstić information content (AvgIpc) is 3.16. The van der Waals surface area contributed by atoms with Gasteiger partial charge in [0.15, 0.2) is 5.13 Å². The Labute approximate surface area is 181 Å². The number of hydrogen-bond acceptors (Lipinski definition) is 6. The van der Waals surface area contributed by atoms with E-state index in [4.69, 9.17) is 16.3 Å². The predicted molar refractivity (Wildman–Crippen MR) is 120 cm³/mol. The summed E-state index contributed by atoms with van der Waals surface area (Å²) < 4.78 is 5.30. The van der Waals surface area contributed by atoms with Crippen molar-refractivity contribution >= 4 is 39.7 Å². The van der Waals surface area contributed by atoms with Gasteiger partial charge in [0.05, 0.1) is 12.8 Å². The van der Waals surface area contributed by atoms with E-state index in [0.717, 1.165) is 31.2 Å². The molecule has 2 aromatic rings. The quantitative estimate of drug-likeness (QED) is 0.660. The van der Waals surface area contributed by atoms with Gasteiger partial charge in [0.2, 0.25) is 5.91 Å². The second-order valence-electron chi connectivity index (χ2n) is 7.68. The summed E-state index contributed by atoms with van der Waals surface area (Å²) >= 11 is 7.79. The summed E-state index contributed by atoms with van der Waals surface area (Å²) in [6.45, 7) is 3.08. The van der Waals surface area contributed by atoms with Crippen molar-refractivity contribution in [1.82, 2.24) is 9.88 Å². The summed E-state index contributed by atoms with van der Waals surface area (Å²) in [6, 6.07) is 5.23. The first kappa shape index (κ1) is 21.9. The fourth-order valence-corrected chi connectivity index (χ4v) is 4.70. The second-order valence-corrected chi connectivity index (χ2v) is 9.21. The van der Waals surface area contributed by atoms with Crippen LogP contribution in [0.5, 0.6) is 5.75 Å². The van der Waals surface area contributed by atoms with Gasteiger partial charge in [0, 0.05) is 49.7 Å². The maximum atomic E-state index is 12.4. The first-order valence-electron chi connectivity index (χ1n) is 9.92. The van der Waals surface area contributed by atoms with E-state index in [0.29, 0.717) is 28.8 Å². The van der Waals surface area contributed by atoms with Crippen molar-refractivity contribution in [2.75, 3.05) is 44.5 Å². The predicted octanol–water partition coefficient (Wildman–Crippen LogP) is 4.50. The van der Waals surface area contributed by atoms with Crippen LogP contribution in [-0.2, 0) is 11.3 Å². The van der Waals surface area contributed by atoms with Gasteiger partial charge in [-0.15, -0.1) is 11.3 Å². The summed E-state index contributed by atoms with van der Waals surface area (Å²) in [6.07, 6.45) is 5.72. The molecule has 0 spiro atoms. The van der Waals surface area contributed by atoms with Crippen LogP contribution < -0.4 is 15.0 Å². The van der Waals surface area contributed by atoms with Gasteiger partial charge in [-0.3, -0.25) is 9.69 Å². The van der Waals surface area contributed by atoms with Gasteiger partial charge in [-0.2, -0.15) is 0 Å². The van der Waals surface area contributed by atoms with Crippen molar-refractivity contribution in [2.24, 2.45) is 5.92 Å². The molecule has 1 aliphatic rings. The number of halogens is 1. The molecule has 8 heteroatoms. The SMILES string of the molecule is COc1ccc(Cl)cc1NC(=O)CCC1CCCN(Cc2cnc(N(C)C)s2)C1. The zero-order chi connectivity index (χ0) is 20.8. The number of anilines is 2. The second kappa shape index (κ2) is 10.3. The summed E-state index contributed by atoms with van der Waals surface area (Å²) in [5, 5.41) is 4.55. The smallest absolute Gasteiger partial charge is 0.224 e. The lowest BCUT2D eigenvalue weighted by atomic mass is 9.93. The Morgan fingerprint density at radius 3 is 3.00 bits per heavy atom. The Bertz CT molecular complexity index is 827. The van der Waals surface area contributed by atoms with Crippen LogP contribution in [0.2, 0.25) is 5.02 Å². The third-order valence-electron chi connectivity index (χ3n) is 5.12. The Morgan fingerprint density at radius 1 is 1.45 bits per heavy atom. The van der Waals surface area contributed by atoms with Crippen molar-refractivity contribution in [3.05, 3.63) is 34.3 Å². The van der Waals surface area contributed by atoms with Gasteiger partial charge >= 0.3 is 0 Å². The number of rotatable bonds is 8. The normalized spacial score (nSPS) is 17.2. The van der Waals surface area contributed by atoms with Crippen LogP contribution in [0.25, 0.3) is 0 Å². The molecule has 1 unspecified atom stereocenters. The molecule has 1 aromatic carbocycles. The molecule has 0 aliphatic carbocycles. The number of aromatic nitrogens is 1. The zero-order valence-corrected chi connectivity index (χ0v) is 18.9. The average molecular weight is 437 g/mol. The fraction of sp³-hybridized carbons (Fsp3) is 0.524. The molecule has 1 fully saturated rings. The van der Waals surface area contributed by atoms with Crippen molar-refractivity contribution in [3.8, 4) is 5.75 Å². The molecule has 1 N–H and O–H groups in total. The van der Waals surface area contributed by atoms with Gasteiger partial charge in [-0.25, -0.2) is 4.98 Å². The topological polar surface area (TPSA) is 57.7 Å². The van der Waals surface area contributed by atoms with Crippen molar-refractivity contribution < 1.29 is 9.53 Å². The molecule has 1 amide bonds. The molecule has 29 heavy (non-hydrogen) atoms. The van der Waals surface area contributed by atoms with Crippen LogP contribution in [0.15, 0.2) is 24.4 Å². The Balaban J connectivity index is 1.47. The number of carbonyl (C=O) groups excluding carboxylic acids is 1. The molecule has 158 valence electrons. The van der Waals surface area contributed by atoms with Crippen LogP contribution in [0.4, 0.5) is 10.8 Å². The van der Waals surface area contributed by atoms with Gasteiger partial charge in [-0.1, -0.05) is 11.6 Å². The Kier molecular flexibility index (Phi) is 7.75. The third kappa shape index (κ3) is 6.32. The number of nitrogens with one attached hydrogen (secondary N) is 1. The van der Waals surface area contributed by atoms with Crippen molar-refractivity contribution in [3.63, 3.8) is 0 Å². The van der Waals surface area contributed by atoms with Crippen molar-refractivity contribution in [1.29, 1.82) is 0 Å². The number of likely N-dealkylation sites (tertiary alicyclic amines) is 1. The maximum absolute atomic E-state index is 12.4. The molecule has 6 nitrogen and oxygen atoms in total. The number of hydrogen-bond donors (Lipinski definition) is 1. The Morgan fingerprint density at radius 2 is 2.28 bits per heavy atom. The monoisotopic (exact) mass is 436 g/mol. The van der Waals surface area contributed by atoms with E-state index in [9.17, 15) is 4.79 Å². The summed E-state index contributed by atoms with van der Waals surface area (Å²) in [4.78, 5) is 22.7. The van der Waals surface area contributed by atoms with Crippen LogP contribution in [-0.4, -0.2) is 50.1 Å². The van der Waals surface area contributed by atoms with E-state index in [-0.39, 0.29) is 5.91 Å². The molecule has 3 rings (SSSR count). The number of carbonyl (C=O) groups is 1. The highest BCUT2D eigenvalue weighted by atomic mass is 35.5. The highest BCUT2D eigenvalue weighted by Crippen LogP contribution is 2.29. The van der Waals surface area contributed by atoms with Gasteiger partial charge in [-0.05, 0) is 49.9 Å². The Hall–Kier alpha value is -1.83. The molecule has 0 bridgehead atoms. The molecule has 0 radical (unpaired) electrons. The number of nitrogens with zero attached hydrogens (tertiary/aromatic N) is 3. The fourth-order valence-electron chi connectivity index (χ4n) is 3.65. The molecule has 1 aliphatic heterocycles. The number of ether oxygens (including phenoxy) is 1. The number of thiazole rings is 1. The summed E-state index contributed by atoms with van der Waals surface area (Å²) in [5.41, 5.74) is 0.622. The van der Waals surface area contributed by atoms with E-state index >= 15 is 0 Å². The molecular weight excluding hydrogens is 408 g/mol. The van der Waals surface area contributed by atoms with Crippen LogP contribution in [0.3, 0.4) is 0 Å². The van der Waals surface area contributed by atoms with E-state index in [1.165, 1.54) is 17.7 Å². The van der Waals surface area contributed by atoms with E-state index in [2.05, 4.69) is 15.2 Å². The summed E-state index contributed by atoms with van der Waals surface area (Å²) in [5.74, 6) is 1.16. The number of piperidine rings is 1. The maximum Gasteiger partial charge on any atom is 0.224 e. The molecule has 1 aromatic heterocycles. The summed E-state index contributed by atoms with van der Waals surface area (Å²) in [7, 11) is 5.62. The van der Waals surface area contributed by atoms with Crippen LogP contribution >= 0.6 is 22.9 Å². The lowest BCUT2D eigenvalue weighted by molar-refractivity contribution is -0.116. The van der Waals surface area contributed by atoms with Gasteiger partial charge in [0.1, 0.15) is 5.75 Å². The lowest BCUT2D eigenvalue weighted by Gasteiger charge is -2.32. The van der Waals surface area contributed by atoms with Gasteiger partial charge < -0.3 is 15.0 Å². The number of methoxy groups -OCH3 is 1. The van der Waals surface area contributed by atoms with E-state index < -0.39 is 0 Å².